The number of ketones is 1. The van der Waals surface area contributed by atoms with Crippen LogP contribution < -0.4 is 0 Å². The summed E-state index contributed by atoms with van der Waals surface area (Å²) in [7, 11) is 0. The molecule has 4 heteroatoms. The number of carbonyl (C=O) groups is 2. The first-order chi connectivity index (χ1) is 9.11. The van der Waals surface area contributed by atoms with Gasteiger partial charge in [0.2, 0.25) is 0 Å². The number of hydrogen-bond donors (Lipinski definition) is 2. The molecule has 0 amide bonds. The van der Waals surface area contributed by atoms with Crippen molar-refractivity contribution in [3.05, 3.63) is 60.2 Å². The Balaban J connectivity index is 2.21. The maximum atomic E-state index is 12.2. The zero-order chi connectivity index (χ0) is 13.8. The molecule has 0 bridgehead atoms. The van der Waals surface area contributed by atoms with Gasteiger partial charge in [0.1, 0.15) is 6.10 Å². The molecule has 0 aromatic heterocycles. The van der Waals surface area contributed by atoms with Gasteiger partial charge in [-0.1, -0.05) is 54.6 Å². The number of carboxylic acid groups (broad SMARTS) is 1. The van der Waals surface area contributed by atoms with Crippen LogP contribution in [0.2, 0.25) is 0 Å². The molecule has 98 valence electrons. The van der Waals surface area contributed by atoms with Crippen LogP contribution >= 0.6 is 0 Å². The first-order valence-electron chi connectivity index (χ1n) is 5.96. The molecule has 19 heavy (non-hydrogen) atoms. The van der Waals surface area contributed by atoms with E-state index in [1.807, 2.05) is 0 Å². The maximum absolute atomic E-state index is 12.2. The number of aliphatic hydroxyl groups excluding tert-OH is 1. The van der Waals surface area contributed by atoms with Crippen LogP contribution in [0.15, 0.2) is 54.6 Å². The van der Waals surface area contributed by atoms with Crippen LogP contribution in [0, 0.1) is 11.8 Å². The summed E-state index contributed by atoms with van der Waals surface area (Å²) in [5.41, 5.74) is 0.472. The minimum atomic E-state index is -1.30. The van der Waals surface area contributed by atoms with E-state index < -0.39 is 29.7 Å². The van der Waals surface area contributed by atoms with Crippen molar-refractivity contribution >= 4 is 11.8 Å². The minimum Gasteiger partial charge on any atom is -0.481 e. The topological polar surface area (TPSA) is 74.6 Å². The van der Waals surface area contributed by atoms with Crippen molar-refractivity contribution in [3.8, 4) is 0 Å². The second-order valence-electron chi connectivity index (χ2n) is 4.38. The van der Waals surface area contributed by atoms with Crippen LogP contribution in [0.5, 0.6) is 0 Å². The molecule has 0 radical (unpaired) electrons. The SMILES string of the molecule is O=C(O)C1C=CC=CC1C(=O)C(O)c1ccccc1. The fraction of sp³-hybridized carbons (Fsp3) is 0.200. The Morgan fingerprint density at radius 2 is 1.58 bits per heavy atom. The first kappa shape index (κ1) is 13.2. The van der Waals surface area contributed by atoms with Crippen molar-refractivity contribution in [2.75, 3.05) is 0 Å². The Morgan fingerprint density at radius 1 is 1.00 bits per heavy atom. The normalized spacial score (nSPS) is 23.0. The van der Waals surface area contributed by atoms with Crippen LogP contribution in [-0.4, -0.2) is 22.0 Å². The number of aliphatic carboxylic acids is 1. The lowest BCUT2D eigenvalue weighted by atomic mass is 9.82. The lowest BCUT2D eigenvalue weighted by Gasteiger charge is -2.22. The van der Waals surface area contributed by atoms with Crippen LogP contribution in [0.25, 0.3) is 0 Å². The van der Waals surface area contributed by atoms with Gasteiger partial charge in [-0.05, 0) is 5.56 Å². The molecule has 1 aliphatic rings. The Morgan fingerprint density at radius 3 is 2.16 bits per heavy atom. The monoisotopic (exact) mass is 258 g/mol. The van der Waals surface area contributed by atoms with Gasteiger partial charge in [0, 0.05) is 0 Å². The zero-order valence-corrected chi connectivity index (χ0v) is 10.1. The molecule has 3 atom stereocenters. The fourth-order valence-electron chi connectivity index (χ4n) is 2.10. The summed E-state index contributed by atoms with van der Waals surface area (Å²) >= 11 is 0. The molecule has 4 nitrogen and oxygen atoms in total. The number of hydrogen-bond acceptors (Lipinski definition) is 3. The molecule has 1 aromatic carbocycles. The van der Waals surface area contributed by atoms with Gasteiger partial charge in [0.15, 0.2) is 5.78 Å². The summed E-state index contributed by atoms with van der Waals surface area (Å²) < 4.78 is 0. The third-order valence-corrected chi connectivity index (χ3v) is 3.13. The van der Waals surface area contributed by atoms with Crippen molar-refractivity contribution in [3.63, 3.8) is 0 Å². The van der Waals surface area contributed by atoms with Crippen molar-refractivity contribution in [1.29, 1.82) is 0 Å². The number of benzene rings is 1. The van der Waals surface area contributed by atoms with Gasteiger partial charge >= 0.3 is 5.97 Å². The van der Waals surface area contributed by atoms with Gasteiger partial charge in [0.05, 0.1) is 11.8 Å². The first-order valence-corrected chi connectivity index (χ1v) is 5.96. The number of allylic oxidation sites excluding steroid dienone is 3. The van der Waals surface area contributed by atoms with E-state index in [0.29, 0.717) is 5.56 Å². The zero-order valence-electron chi connectivity index (χ0n) is 10.1. The summed E-state index contributed by atoms with van der Waals surface area (Å²) in [5, 5.41) is 19.1. The second-order valence-corrected chi connectivity index (χ2v) is 4.38. The maximum Gasteiger partial charge on any atom is 0.311 e. The molecular weight excluding hydrogens is 244 g/mol. The highest BCUT2D eigenvalue weighted by Gasteiger charge is 2.34. The quantitative estimate of drug-likeness (QED) is 0.862. The van der Waals surface area contributed by atoms with Gasteiger partial charge in [-0.3, -0.25) is 9.59 Å². The predicted octanol–water partition coefficient (Wildman–Crippen LogP) is 1.73. The summed E-state index contributed by atoms with van der Waals surface area (Å²) in [6, 6.07) is 8.50. The molecule has 1 aliphatic carbocycles. The fourth-order valence-corrected chi connectivity index (χ4v) is 2.10. The average molecular weight is 258 g/mol. The third kappa shape index (κ3) is 2.80. The van der Waals surface area contributed by atoms with E-state index >= 15 is 0 Å². The highest BCUT2D eigenvalue weighted by Crippen LogP contribution is 2.27. The third-order valence-electron chi connectivity index (χ3n) is 3.13. The summed E-state index contributed by atoms with van der Waals surface area (Å²) in [6.45, 7) is 0. The van der Waals surface area contributed by atoms with E-state index in [2.05, 4.69) is 0 Å². The minimum absolute atomic E-state index is 0.472. The Bertz CT molecular complexity index is 530. The molecule has 2 rings (SSSR count). The average Bonchev–Trinajstić information content (AvgIpc) is 2.46. The van der Waals surface area contributed by atoms with E-state index in [-0.39, 0.29) is 0 Å². The molecule has 0 saturated carbocycles. The molecular formula is C15H14O4. The van der Waals surface area contributed by atoms with Crippen LogP contribution in [0.3, 0.4) is 0 Å². The summed E-state index contributed by atoms with van der Waals surface area (Å²) in [6.07, 6.45) is 4.90. The number of carboxylic acids is 1. The number of carbonyl (C=O) groups excluding carboxylic acids is 1. The number of rotatable bonds is 4. The van der Waals surface area contributed by atoms with Gasteiger partial charge in [0.25, 0.3) is 0 Å². The van der Waals surface area contributed by atoms with E-state index in [9.17, 15) is 14.7 Å². The molecule has 0 aliphatic heterocycles. The number of aliphatic hydroxyl groups is 1. The summed E-state index contributed by atoms with van der Waals surface area (Å²) in [4.78, 5) is 23.3. The number of Topliss-reactive ketones (excluding diaryl/α,β-unsaturated/α-hetero) is 1. The van der Waals surface area contributed by atoms with Gasteiger partial charge in [-0.2, -0.15) is 0 Å². The lowest BCUT2D eigenvalue weighted by Crippen LogP contribution is -2.31. The van der Waals surface area contributed by atoms with Gasteiger partial charge in [-0.15, -0.1) is 0 Å². The van der Waals surface area contributed by atoms with Gasteiger partial charge in [-0.25, -0.2) is 0 Å². The Labute approximate surface area is 110 Å². The molecule has 3 unspecified atom stereocenters. The van der Waals surface area contributed by atoms with Crippen LogP contribution in [-0.2, 0) is 9.59 Å². The van der Waals surface area contributed by atoms with Crippen LogP contribution in [0.4, 0.5) is 0 Å². The largest absolute Gasteiger partial charge is 0.481 e. The van der Waals surface area contributed by atoms with Crippen molar-refractivity contribution < 1.29 is 19.8 Å². The van der Waals surface area contributed by atoms with Crippen LogP contribution in [0.1, 0.15) is 11.7 Å². The smallest absolute Gasteiger partial charge is 0.311 e. The van der Waals surface area contributed by atoms with E-state index in [1.165, 1.54) is 12.2 Å². The second kappa shape index (κ2) is 5.63. The van der Waals surface area contributed by atoms with Gasteiger partial charge < -0.3 is 10.2 Å². The molecule has 2 N–H and O–H groups in total. The lowest BCUT2D eigenvalue weighted by molar-refractivity contribution is -0.145. The highest BCUT2D eigenvalue weighted by atomic mass is 16.4. The molecule has 0 fully saturated rings. The van der Waals surface area contributed by atoms with E-state index in [1.54, 1.807) is 42.5 Å². The highest BCUT2D eigenvalue weighted by molar-refractivity contribution is 5.92. The van der Waals surface area contributed by atoms with E-state index in [0.717, 1.165) is 0 Å². The molecule has 1 aromatic rings. The van der Waals surface area contributed by atoms with E-state index in [4.69, 9.17) is 5.11 Å². The van der Waals surface area contributed by atoms with Crippen molar-refractivity contribution in [2.45, 2.75) is 6.10 Å². The predicted molar refractivity (Wildman–Crippen MR) is 69.3 cm³/mol. The van der Waals surface area contributed by atoms with Crippen molar-refractivity contribution in [1.82, 2.24) is 0 Å². The Hall–Kier alpha value is -2.20. The molecule has 0 heterocycles. The van der Waals surface area contributed by atoms with Crippen molar-refractivity contribution in [2.24, 2.45) is 11.8 Å². The molecule has 0 spiro atoms. The summed E-state index contributed by atoms with van der Waals surface area (Å²) in [5.74, 6) is -3.33. The molecule has 0 saturated heterocycles. The Kier molecular flexibility index (Phi) is 3.92. The standard InChI is InChI=1S/C15H14O4/c16-13(10-6-2-1-3-7-10)14(17)11-8-4-5-9-12(11)15(18)19/h1-9,11-13,16H,(H,18,19).